The molecule has 13 heavy (non-hydrogen) atoms. The zero-order chi connectivity index (χ0) is 9.84. The third-order valence-corrected chi connectivity index (χ3v) is 2.05. The second kappa shape index (κ2) is 4.23. The number of carbonyl (C=O) groups is 2. The van der Waals surface area contributed by atoms with E-state index in [-0.39, 0.29) is 18.4 Å². The van der Waals surface area contributed by atoms with Crippen LogP contribution >= 0.6 is 0 Å². The van der Waals surface area contributed by atoms with Crippen LogP contribution in [0.15, 0.2) is 0 Å². The maximum Gasteiger partial charge on any atom is 0.251 e. The van der Waals surface area contributed by atoms with E-state index in [0.717, 1.165) is 0 Å². The minimum absolute atomic E-state index is 0.108. The number of piperazine rings is 1. The molecule has 0 radical (unpaired) electrons. The van der Waals surface area contributed by atoms with E-state index >= 15 is 0 Å². The molecule has 0 aromatic heterocycles. The molecular formula is C8H14N2O3. The largest absolute Gasteiger partial charge is 0.372 e. The number of ether oxygens (including phenoxy) is 1. The van der Waals surface area contributed by atoms with Gasteiger partial charge in [-0.2, -0.15) is 0 Å². The Balaban J connectivity index is 2.50. The first-order valence-electron chi connectivity index (χ1n) is 4.23. The predicted octanol–water partition coefficient (Wildman–Crippen LogP) is -1.02. The Bertz CT molecular complexity index is 217. The summed E-state index contributed by atoms with van der Waals surface area (Å²) < 4.78 is 4.88. The molecule has 1 fully saturated rings. The minimum Gasteiger partial charge on any atom is -0.372 e. The summed E-state index contributed by atoms with van der Waals surface area (Å²) in [5.74, 6) is -0.236. The van der Waals surface area contributed by atoms with Crippen molar-refractivity contribution >= 4 is 11.8 Å². The van der Waals surface area contributed by atoms with Crippen LogP contribution in [0, 0.1) is 0 Å². The van der Waals surface area contributed by atoms with Crippen molar-refractivity contribution in [1.82, 2.24) is 10.2 Å². The zero-order valence-electron chi connectivity index (χ0n) is 7.87. The van der Waals surface area contributed by atoms with Crippen LogP contribution < -0.4 is 5.32 Å². The van der Waals surface area contributed by atoms with Crippen LogP contribution in [0.4, 0.5) is 0 Å². The van der Waals surface area contributed by atoms with Crippen molar-refractivity contribution < 1.29 is 14.3 Å². The van der Waals surface area contributed by atoms with Crippen LogP contribution in [0.25, 0.3) is 0 Å². The zero-order valence-corrected chi connectivity index (χ0v) is 7.87. The van der Waals surface area contributed by atoms with Gasteiger partial charge in [-0.15, -0.1) is 0 Å². The highest BCUT2D eigenvalue weighted by atomic mass is 16.5. The third kappa shape index (κ3) is 2.42. The molecule has 1 N–H and O–H groups in total. The van der Waals surface area contributed by atoms with Gasteiger partial charge in [0.25, 0.3) is 5.91 Å². The number of nitrogens with one attached hydrogen (secondary N) is 1. The van der Waals surface area contributed by atoms with E-state index < -0.39 is 6.10 Å². The molecule has 2 amide bonds. The molecule has 5 heteroatoms. The Morgan fingerprint density at radius 2 is 2.38 bits per heavy atom. The Kier molecular flexibility index (Phi) is 3.25. The minimum atomic E-state index is -0.467. The van der Waals surface area contributed by atoms with Gasteiger partial charge in [-0.3, -0.25) is 9.59 Å². The second-order valence-corrected chi connectivity index (χ2v) is 2.99. The number of methoxy groups -OCH3 is 1. The van der Waals surface area contributed by atoms with E-state index in [1.807, 2.05) is 0 Å². The van der Waals surface area contributed by atoms with Gasteiger partial charge in [0.05, 0.1) is 6.54 Å². The van der Waals surface area contributed by atoms with Crippen LogP contribution in [0.5, 0.6) is 0 Å². The van der Waals surface area contributed by atoms with Crippen LogP contribution in [0.1, 0.15) is 6.92 Å². The topological polar surface area (TPSA) is 58.6 Å². The molecular weight excluding hydrogens is 172 g/mol. The highest BCUT2D eigenvalue weighted by Gasteiger charge is 2.24. The summed E-state index contributed by atoms with van der Waals surface area (Å²) in [5, 5.41) is 2.65. The van der Waals surface area contributed by atoms with Gasteiger partial charge >= 0.3 is 0 Å². The summed E-state index contributed by atoms with van der Waals surface area (Å²) in [6, 6.07) is 0. The number of carbonyl (C=O) groups excluding carboxylic acids is 2. The quantitative estimate of drug-likeness (QED) is 0.600. The van der Waals surface area contributed by atoms with Gasteiger partial charge in [-0.25, -0.2) is 0 Å². The van der Waals surface area contributed by atoms with Crippen molar-refractivity contribution in [2.45, 2.75) is 13.0 Å². The van der Waals surface area contributed by atoms with Gasteiger partial charge in [0, 0.05) is 20.2 Å². The lowest BCUT2D eigenvalue weighted by atomic mass is 10.3. The van der Waals surface area contributed by atoms with E-state index in [1.54, 1.807) is 6.92 Å². The molecule has 0 aliphatic carbocycles. The second-order valence-electron chi connectivity index (χ2n) is 2.99. The van der Waals surface area contributed by atoms with Gasteiger partial charge in [-0.05, 0) is 6.92 Å². The van der Waals surface area contributed by atoms with Crippen molar-refractivity contribution in [1.29, 1.82) is 0 Å². The van der Waals surface area contributed by atoms with E-state index in [4.69, 9.17) is 4.74 Å². The third-order valence-electron chi connectivity index (χ3n) is 2.05. The fourth-order valence-corrected chi connectivity index (χ4v) is 1.18. The van der Waals surface area contributed by atoms with Gasteiger partial charge in [0.1, 0.15) is 6.10 Å². The van der Waals surface area contributed by atoms with Crippen molar-refractivity contribution in [3.8, 4) is 0 Å². The number of nitrogens with zero attached hydrogens (tertiary/aromatic N) is 1. The fourth-order valence-electron chi connectivity index (χ4n) is 1.18. The van der Waals surface area contributed by atoms with E-state index in [0.29, 0.717) is 13.1 Å². The monoisotopic (exact) mass is 186 g/mol. The number of amides is 2. The molecule has 1 aliphatic heterocycles. The lowest BCUT2D eigenvalue weighted by Crippen LogP contribution is -2.52. The van der Waals surface area contributed by atoms with Crippen molar-refractivity contribution in [2.24, 2.45) is 0 Å². The van der Waals surface area contributed by atoms with Crippen LogP contribution in [-0.4, -0.2) is 49.6 Å². The first kappa shape index (κ1) is 9.98. The smallest absolute Gasteiger partial charge is 0.251 e. The average Bonchev–Trinajstić information content (AvgIpc) is 2.15. The van der Waals surface area contributed by atoms with Crippen LogP contribution in [0.3, 0.4) is 0 Å². The molecule has 74 valence electrons. The van der Waals surface area contributed by atoms with Crippen LogP contribution in [-0.2, 0) is 14.3 Å². The van der Waals surface area contributed by atoms with Crippen molar-refractivity contribution in [3.63, 3.8) is 0 Å². The van der Waals surface area contributed by atoms with Gasteiger partial charge in [0.15, 0.2) is 0 Å². The first-order chi connectivity index (χ1) is 6.15. The normalized spacial score (nSPS) is 19.5. The SMILES string of the molecule is COC(C)C(=O)N1CCNC(=O)C1. The molecule has 1 unspecified atom stereocenters. The fraction of sp³-hybridized carbons (Fsp3) is 0.750. The molecule has 1 aliphatic rings. The van der Waals surface area contributed by atoms with E-state index in [9.17, 15) is 9.59 Å². The maximum atomic E-state index is 11.5. The summed E-state index contributed by atoms with van der Waals surface area (Å²) in [5.41, 5.74) is 0. The Labute approximate surface area is 77.0 Å². The molecule has 0 spiro atoms. The molecule has 1 heterocycles. The summed E-state index contributed by atoms with van der Waals surface area (Å²) in [7, 11) is 1.48. The molecule has 1 rings (SSSR count). The van der Waals surface area contributed by atoms with Gasteiger partial charge < -0.3 is 15.0 Å². The van der Waals surface area contributed by atoms with E-state index in [2.05, 4.69) is 5.32 Å². The molecule has 0 bridgehead atoms. The Hall–Kier alpha value is -1.10. The number of hydrogen-bond donors (Lipinski definition) is 1. The molecule has 0 aromatic rings. The summed E-state index contributed by atoms with van der Waals surface area (Å²) >= 11 is 0. The lowest BCUT2D eigenvalue weighted by molar-refractivity contribution is -0.145. The molecule has 5 nitrogen and oxygen atoms in total. The van der Waals surface area contributed by atoms with Gasteiger partial charge in [0.2, 0.25) is 5.91 Å². The average molecular weight is 186 g/mol. The number of rotatable bonds is 2. The highest BCUT2D eigenvalue weighted by Crippen LogP contribution is 2.00. The Morgan fingerprint density at radius 1 is 1.69 bits per heavy atom. The van der Waals surface area contributed by atoms with Crippen LogP contribution in [0.2, 0.25) is 0 Å². The molecule has 1 saturated heterocycles. The molecule has 0 saturated carbocycles. The lowest BCUT2D eigenvalue weighted by Gasteiger charge is -2.28. The highest BCUT2D eigenvalue weighted by molar-refractivity contribution is 5.87. The first-order valence-corrected chi connectivity index (χ1v) is 4.23. The molecule has 1 atom stereocenters. The number of hydrogen-bond acceptors (Lipinski definition) is 3. The van der Waals surface area contributed by atoms with Crippen molar-refractivity contribution in [3.05, 3.63) is 0 Å². The summed E-state index contributed by atoms with van der Waals surface area (Å²) in [6.07, 6.45) is -0.467. The van der Waals surface area contributed by atoms with Crippen molar-refractivity contribution in [2.75, 3.05) is 26.7 Å². The summed E-state index contributed by atoms with van der Waals surface area (Å²) in [4.78, 5) is 23.9. The standard InChI is InChI=1S/C8H14N2O3/c1-6(13-2)8(12)10-4-3-9-7(11)5-10/h6H,3-5H2,1-2H3,(H,9,11). The van der Waals surface area contributed by atoms with Gasteiger partial charge in [-0.1, -0.05) is 0 Å². The molecule has 0 aromatic carbocycles. The maximum absolute atomic E-state index is 11.5. The Morgan fingerprint density at radius 3 is 2.92 bits per heavy atom. The summed E-state index contributed by atoms with van der Waals surface area (Å²) in [6.45, 7) is 2.92. The van der Waals surface area contributed by atoms with E-state index in [1.165, 1.54) is 12.0 Å². The predicted molar refractivity (Wildman–Crippen MR) is 46.1 cm³/mol.